The lowest BCUT2D eigenvalue weighted by atomic mass is 10.2. The molecule has 0 radical (unpaired) electrons. The summed E-state index contributed by atoms with van der Waals surface area (Å²) < 4.78 is 7.70. The summed E-state index contributed by atoms with van der Waals surface area (Å²) in [6.07, 6.45) is 4.81. The zero-order valence-electron chi connectivity index (χ0n) is 12.4. The van der Waals surface area contributed by atoms with Gasteiger partial charge in [0.05, 0.1) is 11.3 Å². The summed E-state index contributed by atoms with van der Waals surface area (Å²) in [4.78, 5) is 0. The Bertz CT molecular complexity index is 588. The molecular formula is C14H21N5OS. The molecule has 2 N–H and O–H groups in total. The summed E-state index contributed by atoms with van der Waals surface area (Å²) in [5, 5.41) is 13.1. The number of nitrogens with zero attached hydrogens (tertiary/aromatic N) is 4. The fraction of sp³-hybridized carbons (Fsp3) is 0.643. The van der Waals surface area contributed by atoms with Crippen molar-refractivity contribution in [1.82, 2.24) is 20.2 Å². The molecule has 0 aromatic carbocycles. The maximum Gasteiger partial charge on any atom is 0.210 e. The number of aryl methyl sites for hydroxylation is 1. The lowest BCUT2D eigenvalue weighted by Gasteiger charge is -2.18. The normalized spacial score (nSPS) is 19.0. The van der Waals surface area contributed by atoms with E-state index in [0.717, 1.165) is 29.5 Å². The van der Waals surface area contributed by atoms with E-state index in [0.29, 0.717) is 6.04 Å². The largest absolute Gasteiger partial charge is 0.465 e. The molecule has 2 atom stereocenters. The molecule has 2 heterocycles. The highest BCUT2D eigenvalue weighted by Gasteiger charge is 2.27. The first kappa shape index (κ1) is 14.6. The maximum absolute atomic E-state index is 6.14. The number of aromatic nitrogens is 4. The van der Waals surface area contributed by atoms with E-state index < -0.39 is 0 Å². The van der Waals surface area contributed by atoms with Gasteiger partial charge in [-0.2, -0.15) is 0 Å². The molecule has 0 amide bonds. The molecule has 2 aromatic rings. The van der Waals surface area contributed by atoms with Crippen LogP contribution in [0, 0.1) is 6.92 Å². The number of nitrogens with two attached hydrogens (primary N) is 1. The Morgan fingerprint density at radius 1 is 1.38 bits per heavy atom. The first-order valence-electron chi connectivity index (χ1n) is 7.41. The molecule has 0 spiro atoms. The maximum atomic E-state index is 6.14. The SMILES string of the molecule is Cc1ccc(C(Sc2nnnn2C2CCCC2)C(C)N)o1. The summed E-state index contributed by atoms with van der Waals surface area (Å²) in [5.41, 5.74) is 6.14. The summed E-state index contributed by atoms with van der Waals surface area (Å²) in [7, 11) is 0. The van der Waals surface area contributed by atoms with Crippen LogP contribution in [0.15, 0.2) is 21.7 Å². The third kappa shape index (κ3) is 3.13. The van der Waals surface area contributed by atoms with Crippen LogP contribution in [0.25, 0.3) is 0 Å². The Kier molecular flexibility index (Phi) is 4.30. The Labute approximate surface area is 128 Å². The minimum absolute atomic E-state index is 0.0184. The minimum atomic E-state index is -0.0470. The monoisotopic (exact) mass is 307 g/mol. The van der Waals surface area contributed by atoms with Gasteiger partial charge in [-0.05, 0) is 49.2 Å². The molecule has 21 heavy (non-hydrogen) atoms. The van der Waals surface area contributed by atoms with Crippen LogP contribution in [0.2, 0.25) is 0 Å². The summed E-state index contributed by atoms with van der Waals surface area (Å²) in [5.74, 6) is 1.78. The average Bonchev–Trinajstić information content (AvgIpc) is 3.16. The van der Waals surface area contributed by atoms with Crippen LogP contribution in [0.4, 0.5) is 0 Å². The Morgan fingerprint density at radius 2 is 2.14 bits per heavy atom. The number of furan rings is 1. The fourth-order valence-corrected chi connectivity index (χ4v) is 3.85. The number of rotatable bonds is 5. The highest BCUT2D eigenvalue weighted by Crippen LogP contribution is 2.39. The topological polar surface area (TPSA) is 82.8 Å². The van der Waals surface area contributed by atoms with Crippen LogP contribution in [-0.2, 0) is 0 Å². The van der Waals surface area contributed by atoms with Crippen molar-refractivity contribution >= 4 is 11.8 Å². The molecule has 3 rings (SSSR count). The zero-order chi connectivity index (χ0) is 14.8. The van der Waals surface area contributed by atoms with E-state index in [9.17, 15) is 0 Å². The number of thioether (sulfide) groups is 1. The summed E-state index contributed by atoms with van der Waals surface area (Å²) in [6.45, 7) is 3.92. The third-order valence-electron chi connectivity index (χ3n) is 3.88. The van der Waals surface area contributed by atoms with Gasteiger partial charge in [0, 0.05) is 6.04 Å². The van der Waals surface area contributed by atoms with E-state index in [1.165, 1.54) is 12.8 Å². The molecule has 0 bridgehead atoms. The predicted molar refractivity (Wildman–Crippen MR) is 81.0 cm³/mol. The molecule has 1 aliphatic carbocycles. The highest BCUT2D eigenvalue weighted by molar-refractivity contribution is 7.99. The molecule has 7 heteroatoms. The van der Waals surface area contributed by atoms with Gasteiger partial charge >= 0.3 is 0 Å². The van der Waals surface area contributed by atoms with Gasteiger partial charge < -0.3 is 10.2 Å². The van der Waals surface area contributed by atoms with Crippen molar-refractivity contribution in [2.24, 2.45) is 5.73 Å². The van der Waals surface area contributed by atoms with Gasteiger partial charge in [0.1, 0.15) is 11.5 Å². The number of hydrogen-bond donors (Lipinski definition) is 1. The van der Waals surface area contributed by atoms with E-state index in [2.05, 4.69) is 15.5 Å². The second-order valence-electron chi connectivity index (χ2n) is 5.69. The van der Waals surface area contributed by atoms with Crippen LogP contribution < -0.4 is 5.73 Å². The van der Waals surface area contributed by atoms with E-state index in [1.807, 2.05) is 30.7 Å². The predicted octanol–water partition coefficient (Wildman–Crippen LogP) is 2.87. The molecule has 1 fully saturated rings. The van der Waals surface area contributed by atoms with E-state index >= 15 is 0 Å². The van der Waals surface area contributed by atoms with Crippen molar-refractivity contribution in [3.05, 3.63) is 23.7 Å². The third-order valence-corrected chi connectivity index (χ3v) is 5.28. The molecule has 1 aliphatic rings. The van der Waals surface area contributed by atoms with E-state index in [4.69, 9.17) is 10.2 Å². The second-order valence-corrected chi connectivity index (χ2v) is 6.80. The Morgan fingerprint density at radius 3 is 2.76 bits per heavy atom. The Balaban J connectivity index is 1.82. The van der Waals surface area contributed by atoms with Crippen molar-refractivity contribution in [1.29, 1.82) is 0 Å². The van der Waals surface area contributed by atoms with E-state index in [1.54, 1.807) is 11.8 Å². The van der Waals surface area contributed by atoms with E-state index in [-0.39, 0.29) is 11.3 Å². The molecule has 114 valence electrons. The second kappa shape index (κ2) is 6.19. The van der Waals surface area contributed by atoms with Crippen molar-refractivity contribution in [3.8, 4) is 0 Å². The molecule has 6 nitrogen and oxygen atoms in total. The minimum Gasteiger partial charge on any atom is -0.465 e. The highest BCUT2D eigenvalue weighted by atomic mass is 32.2. The van der Waals surface area contributed by atoms with Crippen LogP contribution in [0.5, 0.6) is 0 Å². The Hall–Kier alpha value is -1.34. The van der Waals surface area contributed by atoms with Crippen LogP contribution in [-0.4, -0.2) is 26.2 Å². The first-order chi connectivity index (χ1) is 10.1. The smallest absolute Gasteiger partial charge is 0.210 e. The average molecular weight is 307 g/mol. The lowest BCUT2D eigenvalue weighted by Crippen LogP contribution is -2.23. The molecule has 2 aromatic heterocycles. The zero-order valence-corrected chi connectivity index (χ0v) is 13.2. The van der Waals surface area contributed by atoms with Crippen LogP contribution in [0.1, 0.15) is 55.4 Å². The molecule has 0 saturated heterocycles. The van der Waals surface area contributed by atoms with Crippen molar-refractivity contribution in [3.63, 3.8) is 0 Å². The van der Waals surface area contributed by atoms with Gasteiger partial charge in [-0.3, -0.25) is 0 Å². The van der Waals surface area contributed by atoms with Gasteiger partial charge in [-0.15, -0.1) is 5.10 Å². The van der Waals surface area contributed by atoms with Gasteiger partial charge in [0.15, 0.2) is 0 Å². The quantitative estimate of drug-likeness (QED) is 0.855. The molecule has 1 saturated carbocycles. The molecule has 2 unspecified atom stereocenters. The van der Waals surface area contributed by atoms with Gasteiger partial charge in [-0.25, -0.2) is 4.68 Å². The first-order valence-corrected chi connectivity index (χ1v) is 8.29. The number of tetrazole rings is 1. The summed E-state index contributed by atoms with van der Waals surface area (Å²) in [6, 6.07) is 4.33. The summed E-state index contributed by atoms with van der Waals surface area (Å²) >= 11 is 1.59. The van der Waals surface area contributed by atoms with Crippen LogP contribution in [0.3, 0.4) is 0 Å². The molecular weight excluding hydrogens is 286 g/mol. The molecule has 0 aliphatic heterocycles. The number of hydrogen-bond acceptors (Lipinski definition) is 6. The van der Waals surface area contributed by atoms with Gasteiger partial charge in [0.25, 0.3) is 0 Å². The van der Waals surface area contributed by atoms with Crippen molar-refractivity contribution < 1.29 is 4.42 Å². The van der Waals surface area contributed by atoms with Gasteiger partial charge in [-0.1, -0.05) is 24.6 Å². The van der Waals surface area contributed by atoms with Crippen LogP contribution >= 0.6 is 11.8 Å². The fourth-order valence-electron chi connectivity index (χ4n) is 2.79. The lowest BCUT2D eigenvalue weighted by molar-refractivity contribution is 0.421. The van der Waals surface area contributed by atoms with Crippen molar-refractivity contribution in [2.75, 3.05) is 0 Å². The van der Waals surface area contributed by atoms with Crippen molar-refractivity contribution in [2.45, 2.75) is 62.0 Å². The standard InChI is InChI=1S/C14H21N5OS/c1-9-7-8-12(20-9)13(10(2)15)21-14-16-17-18-19(14)11-5-3-4-6-11/h7-8,10-11,13H,3-6,15H2,1-2H3. The van der Waals surface area contributed by atoms with Gasteiger partial charge in [0.2, 0.25) is 5.16 Å².